The van der Waals surface area contributed by atoms with E-state index in [9.17, 15) is 19.2 Å². The lowest BCUT2D eigenvalue weighted by Gasteiger charge is -2.18. The van der Waals surface area contributed by atoms with Crippen molar-refractivity contribution >= 4 is 23.6 Å². The molecule has 2 aliphatic heterocycles. The van der Waals surface area contributed by atoms with E-state index in [2.05, 4.69) is 0 Å². The fourth-order valence-electron chi connectivity index (χ4n) is 3.69. The molecule has 138 valence electrons. The van der Waals surface area contributed by atoms with Crippen molar-refractivity contribution in [3.8, 4) is 0 Å². The van der Waals surface area contributed by atoms with Crippen molar-refractivity contribution < 1.29 is 23.9 Å². The minimum absolute atomic E-state index is 0.0523. The molecule has 4 amide bonds. The van der Waals surface area contributed by atoms with Gasteiger partial charge in [-0.2, -0.15) is 0 Å². The lowest BCUT2D eigenvalue weighted by molar-refractivity contribution is -0.143. The Balaban J connectivity index is 1.77. The minimum atomic E-state index is -0.955. The number of ketones is 1. The first kappa shape index (κ1) is 18.3. The third-order valence-electron chi connectivity index (χ3n) is 4.80. The third kappa shape index (κ3) is 3.26. The van der Waals surface area contributed by atoms with Crippen molar-refractivity contribution in [3.05, 3.63) is 34.4 Å². The molecule has 7 nitrogen and oxygen atoms in total. The summed E-state index contributed by atoms with van der Waals surface area (Å²) in [7, 11) is 0. The number of rotatable bonds is 5. The Morgan fingerprint density at radius 1 is 1.08 bits per heavy atom. The number of ether oxygens (including phenoxy) is 1. The molecule has 26 heavy (non-hydrogen) atoms. The summed E-state index contributed by atoms with van der Waals surface area (Å²) >= 11 is 0. The standard InChI is InChI=1S/C19H22N2O5/c1-11-7-12(2)16(13(3)8-11)15(22)10-21-18(24)17(23)20(19(21)25)9-14-5-4-6-26-14/h7-8,14H,4-6,9-10H2,1-3H3. The van der Waals surface area contributed by atoms with Gasteiger partial charge in [0.25, 0.3) is 0 Å². The molecule has 2 heterocycles. The van der Waals surface area contributed by atoms with Crippen molar-refractivity contribution in [1.29, 1.82) is 0 Å². The zero-order chi connectivity index (χ0) is 19.0. The quantitative estimate of drug-likeness (QED) is 0.455. The van der Waals surface area contributed by atoms with Gasteiger partial charge in [0.1, 0.15) is 0 Å². The Bertz CT molecular complexity index is 772. The summed E-state index contributed by atoms with van der Waals surface area (Å²) < 4.78 is 5.43. The summed E-state index contributed by atoms with van der Waals surface area (Å²) in [6.45, 7) is 5.77. The summed E-state index contributed by atoms with van der Waals surface area (Å²) in [6.07, 6.45) is 1.36. The van der Waals surface area contributed by atoms with Gasteiger partial charge in [0.2, 0.25) is 0 Å². The van der Waals surface area contributed by atoms with Crippen LogP contribution < -0.4 is 0 Å². The fourth-order valence-corrected chi connectivity index (χ4v) is 3.69. The number of amides is 4. The van der Waals surface area contributed by atoms with Gasteiger partial charge in [-0.25, -0.2) is 9.69 Å². The Labute approximate surface area is 151 Å². The number of aryl methyl sites for hydroxylation is 3. The maximum atomic E-state index is 12.7. The average molecular weight is 358 g/mol. The second-order valence-corrected chi connectivity index (χ2v) is 6.92. The highest BCUT2D eigenvalue weighted by molar-refractivity contribution is 6.45. The molecule has 0 radical (unpaired) electrons. The van der Waals surface area contributed by atoms with Crippen molar-refractivity contribution in [3.63, 3.8) is 0 Å². The minimum Gasteiger partial charge on any atom is -0.376 e. The van der Waals surface area contributed by atoms with E-state index in [1.165, 1.54) is 0 Å². The van der Waals surface area contributed by atoms with Gasteiger partial charge >= 0.3 is 17.8 Å². The van der Waals surface area contributed by atoms with Gasteiger partial charge in [0, 0.05) is 12.2 Å². The number of hydrogen-bond acceptors (Lipinski definition) is 5. The van der Waals surface area contributed by atoms with Crippen molar-refractivity contribution in [1.82, 2.24) is 9.80 Å². The molecule has 0 N–H and O–H groups in total. The molecule has 0 saturated carbocycles. The Morgan fingerprint density at radius 2 is 1.69 bits per heavy atom. The number of urea groups is 1. The number of Topliss-reactive ketones (excluding diaryl/α,β-unsaturated/α-hetero) is 1. The summed E-state index contributed by atoms with van der Waals surface area (Å²) in [5.41, 5.74) is 3.09. The van der Waals surface area contributed by atoms with E-state index in [0.717, 1.165) is 39.3 Å². The van der Waals surface area contributed by atoms with Gasteiger partial charge in [-0.3, -0.25) is 19.3 Å². The van der Waals surface area contributed by atoms with Crippen molar-refractivity contribution in [2.24, 2.45) is 0 Å². The van der Waals surface area contributed by atoms with Crippen LogP contribution in [-0.2, 0) is 14.3 Å². The average Bonchev–Trinajstić information content (AvgIpc) is 3.13. The first-order valence-electron chi connectivity index (χ1n) is 8.69. The number of nitrogens with zero attached hydrogens (tertiary/aromatic N) is 2. The van der Waals surface area contributed by atoms with Crippen LogP contribution in [0.3, 0.4) is 0 Å². The van der Waals surface area contributed by atoms with Crippen molar-refractivity contribution in [2.45, 2.75) is 39.7 Å². The van der Waals surface area contributed by atoms with Crippen LogP contribution in [0.4, 0.5) is 4.79 Å². The lowest BCUT2D eigenvalue weighted by atomic mass is 9.96. The molecule has 0 aromatic heterocycles. The van der Waals surface area contributed by atoms with Crippen LogP contribution in [0, 0.1) is 20.8 Å². The normalized spacial score (nSPS) is 20.4. The van der Waals surface area contributed by atoms with Crippen LogP contribution in [0.25, 0.3) is 0 Å². The second-order valence-electron chi connectivity index (χ2n) is 6.92. The molecule has 1 unspecified atom stereocenters. The highest BCUT2D eigenvalue weighted by Gasteiger charge is 2.46. The molecule has 0 bridgehead atoms. The van der Waals surface area contributed by atoms with E-state index in [1.54, 1.807) is 0 Å². The summed E-state index contributed by atoms with van der Waals surface area (Å²) in [5.74, 6) is -2.20. The SMILES string of the molecule is Cc1cc(C)c(C(=O)CN2C(=O)C(=O)N(CC3CCCO3)C2=O)c(C)c1. The molecular formula is C19H22N2O5. The van der Waals surface area contributed by atoms with E-state index in [-0.39, 0.29) is 18.4 Å². The van der Waals surface area contributed by atoms with Gasteiger partial charge < -0.3 is 4.74 Å². The predicted molar refractivity (Wildman–Crippen MR) is 92.8 cm³/mol. The molecule has 2 fully saturated rings. The third-order valence-corrected chi connectivity index (χ3v) is 4.80. The maximum Gasteiger partial charge on any atom is 0.334 e. The van der Waals surface area contributed by atoms with Crippen LogP contribution in [0.5, 0.6) is 0 Å². The molecule has 7 heteroatoms. The van der Waals surface area contributed by atoms with Crippen LogP contribution in [0.1, 0.15) is 39.9 Å². The van der Waals surface area contributed by atoms with E-state index < -0.39 is 24.4 Å². The summed E-state index contributed by atoms with van der Waals surface area (Å²) in [6, 6.07) is 3.01. The monoisotopic (exact) mass is 358 g/mol. The van der Waals surface area contributed by atoms with E-state index in [1.807, 2.05) is 32.9 Å². The summed E-state index contributed by atoms with van der Waals surface area (Å²) in [4.78, 5) is 51.2. The molecule has 0 spiro atoms. The van der Waals surface area contributed by atoms with Crippen LogP contribution >= 0.6 is 0 Å². The number of imide groups is 2. The Kier molecular flexibility index (Phi) is 4.91. The highest BCUT2D eigenvalue weighted by atomic mass is 16.5. The Morgan fingerprint density at radius 3 is 2.27 bits per heavy atom. The predicted octanol–water partition coefficient (Wildman–Crippen LogP) is 1.76. The topological polar surface area (TPSA) is 84.0 Å². The second kappa shape index (κ2) is 6.99. The maximum absolute atomic E-state index is 12.7. The van der Waals surface area contributed by atoms with Crippen LogP contribution in [0.15, 0.2) is 12.1 Å². The molecule has 1 aromatic carbocycles. The molecule has 1 aromatic rings. The zero-order valence-electron chi connectivity index (χ0n) is 15.2. The number of benzene rings is 1. The van der Waals surface area contributed by atoms with E-state index in [0.29, 0.717) is 12.2 Å². The number of hydrogen-bond donors (Lipinski definition) is 0. The van der Waals surface area contributed by atoms with Gasteiger partial charge in [-0.1, -0.05) is 17.7 Å². The molecule has 2 saturated heterocycles. The van der Waals surface area contributed by atoms with Crippen LogP contribution in [-0.4, -0.2) is 59.2 Å². The fraction of sp³-hybridized carbons (Fsp3) is 0.474. The van der Waals surface area contributed by atoms with Crippen molar-refractivity contribution in [2.75, 3.05) is 19.7 Å². The Hall–Kier alpha value is -2.54. The van der Waals surface area contributed by atoms with Crippen LogP contribution in [0.2, 0.25) is 0 Å². The summed E-state index contributed by atoms with van der Waals surface area (Å²) in [5, 5.41) is 0. The van der Waals surface area contributed by atoms with Gasteiger partial charge in [-0.15, -0.1) is 0 Å². The number of carbonyl (C=O) groups excluding carboxylic acids is 4. The smallest absolute Gasteiger partial charge is 0.334 e. The molecule has 3 rings (SSSR count). The van der Waals surface area contributed by atoms with Gasteiger partial charge in [0.15, 0.2) is 5.78 Å². The lowest BCUT2D eigenvalue weighted by Crippen LogP contribution is -2.40. The van der Waals surface area contributed by atoms with Gasteiger partial charge in [-0.05, 0) is 44.7 Å². The molecule has 0 aliphatic carbocycles. The van der Waals surface area contributed by atoms with E-state index in [4.69, 9.17) is 4.74 Å². The zero-order valence-corrected chi connectivity index (χ0v) is 15.2. The van der Waals surface area contributed by atoms with E-state index >= 15 is 0 Å². The number of carbonyl (C=O) groups is 4. The van der Waals surface area contributed by atoms with Gasteiger partial charge in [0.05, 0.1) is 19.2 Å². The first-order chi connectivity index (χ1) is 12.3. The molecular weight excluding hydrogens is 336 g/mol. The largest absolute Gasteiger partial charge is 0.376 e. The highest BCUT2D eigenvalue weighted by Crippen LogP contribution is 2.21. The molecule has 1 atom stereocenters. The first-order valence-corrected chi connectivity index (χ1v) is 8.69. The molecule has 2 aliphatic rings.